The van der Waals surface area contributed by atoms with Crippen molar-refractivity contribution in [1.82, 2.24) is 3.97 Å². The third kappa shape index (κ3) is 6.78. The molecule has 1 aliphatic heterocycles. The number of alkyl halides is 3. The molecule has 0 bridgehead atoms. The summed E-state index contributed by atoms with van der Waals surface area (Å²) in [6.45, 7) is 6.66. The number of aromatic nitrogens is 1. The molecule has 246 valence electrons. The second-order valence-corrected chi connectivity index (χ2v) is 13.6. The molecule has 2 aromatic heterocycles. The van der Waals surface area contributed by atoms with E-state index >= 15 is 4.39 Å². The zero-order valence-corrected chi connectivity index (χ0v) is 28.5. The number of carbonyl (C=O) groups is 1. The number of esters is 1. The molecule has 6 rings (SSSR count). The normalized spacial score (nSPS) is 14.7. The number of allylic oxidation sites excluding steroid dienone is 1. The van der Waals surface area contributed by atoms with Gasteiger partial charge in [0.25, 0.3) is 6.43 Å². The van der Waals surface area contributed by atoms with Crippen LogP contribution in [-0.2, 0) is 9.47 Å². The molecule has 1 unspecified atom stereocenters. The second-order valence-electron chi connectivity index (χ2n) is 11.2. The maximum absolute atomic E-state index is 15.1. The summed E-state index contributed by atoms with van der Waals surface area (Å²) in [5.74, 6) is -0.273. The number of nitrogens with zero attached hydrogens (tertiary/aromatic N) is 1. The summed E-state index contributed by atoms with van der Waals surface area (Å²) in [6, 6.07) is 21.1. The van der Waals surface area contributed by atoms with Crippen LogP contribution < -0.4 is 10.6 Å². The number of thiophene rings is 1. The summed E-state index contributed by atoms with van der Waals surface area (Å²) >= 11 is 9.71. The van der Waals surface area contributed by atoms with Crippen LogP contribution in [0.1, 0.15) is 40.1 Å². The van der Waals surface area contributed by atoms with Gasteiger partial charge in [0.15, 0.2) is 0 Å². The second kappa shape index (κ2) is 14.6. The fourth-order valence-electron chi connectivity index (χ4n) is 5.72. The van der Waals surface area contributed by atoms with E-state index in [1.807, 2.05) is 39.7 Å². The predicted octanol–water partition coefficient (Wildman–Crippen LogP) is 9.70. The Morgan fingerprint density at radius 3 is 2.44 bits per heavy atom. The van der Waals surface area contributed by atoms with Crippen molar-refractivity contribution in [2.24, 2.45) is 0 Å². The van der Waals surface area contributed by atoms with Crippen LogP contribution in [0.2, 0.25) is 5.02 Å². The van der Waals surface area contributed by atoms with Crippen LogP contribution in [0.4, 0.5) is 13.2 Å². The summed E-state index contributed by atoms with van der Waals surface area (Å²) in [5, 5.41) is 3.82. The van der Waals surface area contributed by atoms with Crippen LogP contribution in [0.5, 0.6) is 0 Å². The van der Waals surface area contributed by atoms with E-state index in [4.69, 9.17) is 21.1 Å². The predicted molar refractivity (Wildman–Crippen MR) is 190 cm³/mol. The molecule has 0 N–H and O–H groups in total. The lowest BCUT2D eigenvalue weighted by atomic mass is 9.93. The highest BCUT2D eigenvalue weighted by Gasteiger charge is 2.29. The SMILES string of the molecule is C=C/C=c1\c(=C/C(C)F)c(-c2ccsc2C2COC2)c(-c2cccc(-c3ccc(C(=O)OC)cc3Cl)c2)n1Sc1ccc(C(F)F)cc1. The van der Waals surface area contributed by atoms with Crippen molar-refractivity contribution < 1.29 is 27.4 Å². The lowest BCUT2D eigenvalue weighted by molar-refractivity contribution is 0.0101. The summed E-state index contributed by atoms with van der Waals surface area (Å²) < 4.78 is 54.3. The van der Waals surface area contributed by atoms with Crippen LogP contribution >= 0.6 is 34.9 Å². The number of benzene rings is 3. The van der Waals surface area contributed by atoms with E-state index in [0.717, 1.165) is 37.7 Å². The summed E-state index contributed by atoms with van der Waals surface area (Å²) in [5.41, 5.74) is 5.22. The van der Waals surface area contributed by atoms with Crippen molar-refractivity contribution in [2.75, 3.05) is 20.3 Å². The fourth-order valence-corrected chi connectivity index (χ4v) is 8.00. The molecule has 0 spiro atoms. The first-order valence-electron chi connectivity index (χ1n) is 15.1. The molecule has 1 aliphatic rings. The van der Waals surface area contributed by atoms with E-state index in [-0.39, 0.29) is 11.5 Å². The number of halogens is 4. The molecule has 4 nitrogen and oxygen atoms in total. The Hall–Kier alpha value is -4.02. The van der Waals surface area contributed by atoms with Crippen LogP contribution in [0, 0.1) is 0 Å². The van der Waals surface area contributed by atoms with Gasteiger partial charge in [0.2, 0.25) is 0 Å². The van der Waals surface area contributed by atoms with E-state index < -0.39 is 18.6 Å². The maximum Gasteiger partial charge on any atom is 0.337 e. The lowest BCUT2D eigenvalue weighted by Gasteiger charge is -2.26. The van der Waals surface area contributed by atoms with E-state index in [0.29, 0.717) is 39.9 Å². The molecular weight excluding hydrogens is 675 g/mol. The molecule has 3 heterocycles. The first-order valence-corrected chi connectivity index (χ1v) is 17.2. The molecule has 48 heavy (non-hydrogen) atoms. The highest BCUT2D eigenvalue weighted by molar-refractivity contribution is 7.98. The number of methoxy groups -OCH3 is 1. The van der Waals surface area contributed by atoms with Gasteiger partial charge in [0.05, 0.1) is 36.9 Å². The van der Waals surface area contributed by atoms with Crippen LogP contribution in [-0.4, -0.2) is 36.4 Å². The molecule has 5 aromatic rings. The van der Waals surface area contributed by atoms with Crippen molar-refractivity contribution in [3.63, 3.8) is 0 Å². The average molecular weight is 706 g/mol. The summed E-state index contributed by atoms with van der Waals surface area (Å²) in [4.78, 5) is 14.0. The minimum absolute atomic E-state index is 0.0700. The molecule has 3 aromatic carbocycles. The Labute approximate surface area is 289 Å². The molecule has 0 radical (unpaired) electrons. The maximum atomic E-state index is 15.1. The monoisotopic (exact) mass is 705 g/mol. The number of ether oxygens (including phenoxy) is 2. The van der Waals surface area contributed by atoms with Crippen molar-refractivity contribution in [3.8, 4) is 33.5 Å². The quantitative estimate of drug-likeness (QED) is 0.136. The summed E-state index contributed by atoms with van der Waals surface area (Å²) in [6.07, 6.45) is 1.25. The smallest absolute Gasteiger partial charge is 0.337 e. The van der Waals surface area contributed by atoms with Crippen LogP contribution in [0.3, 0.4) is 0 Å². The van der Waals surface area contributed by atoms with Crippen LogP contribution in [0.25, 0.3) is 45.7 Å². The van der Waals surface area contributed by atoms with Gasteiger partial charge in [-0.05, 0) is 83.9 Å². The Morgan fingerprint density at radius 2 is 1.81 bits per heavy atom. The van der Waals surface area contributed by atoms with Gasteiger partial charge in [-0.2, -0.15) is 0 Å². The summed E-state index contributed by atoms with van der Waals surface area (Å²) in [7, 11) is 1.32. The highest BCUT2D eigenvalue weighted by Crippen LogP contribution is 2.42. The Morgan fingerprint density at radius 1 is 1.06 bits per heavy atom. The average Bonchev–Trinajstić information content (AvgIpc) is 3.62. The first-order chi connectivity index (χ1) is 23.2. The van der Waals surface area contributed by atoms with Crippen molar-refractivity contribution in [1.29, 1.82) is 0 Å². The molecule has 1 saturated heterocycles. The molecule has 0 aliphatic carbocycles. The number of hydrogen-bond acceptors (Lipinski definition) is 5. The Bertz CT molecular complexity index is 2100. The zero-order valence-electron chi connectivity index (χ0n) is 26.1. The third-order valence-electron chi connectivity index (χ3n) is 8.02. The first kappa shape index (κ1) is 33.9. The minimum atomic E-state index is -2.58. The molecule has 0 saturated carbocycles. The van der Waals surface area contributed by atoms with Gasteiger partial charge in [-0.1, -0.05) is 60.7 Å². The molecule has 1 fully saturated rings. The van der Waals surface area contributed by atoms with E-state index in [1.165, 1.54) is 38.1 Å². The van der Waals surface area contributed by atoms with Gasteiger partial charge >= 0.3 is 5.97 Å². The van der Waals surface area contributed by atoms with E-state index in [1.54, 1.807) is 53.8 Å². The van der Waals surface area contributed by atoms with Gasteiger partial charge in [0.1, 0.15) is 6.17 Å². The molecule has 10 heteroatoms. The zero-order chi connectivity index (χ0) is 33.9. The molecule has 1 atom stereocenters. The van der Waals surface area contributed by atoms with Crippen LogP contribution in [0.15, 0.2) is 95.7 Å². The van der Waals surface area contributed by atoms with Crippen molar-refractivity contribution in [2.45, 2.75) is 30.3 Å². The van der Waals surface area contributed by atoms with Gasteiger partial charge < -0.3 is 9.47 Å². The minimum Gasteiger partial charge on any atom is -0.465 e. The Kier molecular flexibility index (Phi) is 10.3. The van der Waals surface area contributed by atoms with Gasteiger partial charge in [0, 0.05) is 48.2 Å². The third-order valence-corrected chi connectivity index (χ3v) is 10.5. The largest absolute Gasteiger partial charge is 0.465 e. The van der Waals surface area contributed by atoms with Gasteiger partial charge in [-0.25, -0.2) is 18.0 Å². The highest BCUT2D eigenvalue weighted by atomic mass is 35.5. The Balaban J connectivity index is 1.64. The van der Waals surface area contributed by atoms with E-state index in [2.05, 4.69) is 12.6 Å². The standard InChI is InChI=1S/C38H31ClF3NO3S2/c1-4-6-33-31(17-22(2)40)34(30-15-16-47-36(30)27-20-46-21-27)35(43(33)48-28-12-9-23(10-13-28)37(41)42)25-8-5-7-24(18-25)29-14-11-26(19-32(29)39)38(44)45-3/h4-19,22,27,37H,1,20-21H2,2-3H3/b31-17+,33-6+. The molecular formula is C38H31ClF3NO3S2. The lowest BCUT2D eigenvalue weighted by Crippen LogP contribution is -2.29. The van der Waals surface area contributed by atoms with E-state index in [9.17, 15) is 13.6 Å². The van der Waals surface area contributed by atoms with Crippen molar-refractivity contribution >= 4 is 53.0 Å². The number of hydrogen-bond donors (Lipinski definition) is 0. The van der Waals surface area contributed by atoms with Gasteiger partial charge in [-0.15, -0.1) is 11.3 Å². The number of carbonyl (C=O) groups excluding carboxylic acids is 1. The topological polar surface area (TPSA) is 40.5 Å². The molecule has 0 amide bonds. The number of rotatable bonds is 10. The van der Waals surface area contributed by atoms with Gasteiger partial charge in [-0.3, -0.25) is 3.97 Å². The fraction of sp³-hybridized carbons (Fsp3) is 0.184. The van der Waals surface area contributed by atoms with Crippen molar-refractivity contribution in [3.05, 3.63) is 122 Å².